The summed E-state index contributed by atoms with van der Waals surface area (Å²) < 4.78 is 9.97. The molecule has 2 aliphatic rings. The Morgan fingerprint density at radius 2 is 1.82 bits per heavy atom. The van der Waals surface area contributed by atoms with E-state index in [2.05, 4.69) is 57.3 Å². The third-order valence-corrected chi connectivity index (χ3v) is 8.44. The molecule has 5 aromatic rings. The zero-order chi connectivity index (χ0) is 27.4. The van der Waals surface area contributed by atoms with Crippen molar-refractivity contribution in [2.24, 2.45) is 13.0 Å². The van der Waals surface area contributed by atoms with Gasteiger partial charge in [-0.15, -0.1) is 5.10 Å². The van der Waals surface area contributed by atoms with Gasteiger partial charge in [0.1, 0.15) is 0 Å². The van der Waals surface area contributed by atoms with E-state index in [1.165, 1.54) is 5.56 Å². The average Bonchev–Trinajstić information content (AvgIpc) is 3.47. The van der Waals surface area contributed by atoms with Gasteiger partial charge in [-0.2, -0.15) is 0 Å². The molecule has 0 unspecified atom stereocenters. The molecule has 1 atom stereocenters. The monoisotopic (exact) mass is 536 g/mol. The van der Waals surface area contributed by atoms with E-state index in [1.54, 1.807) is 9.58 Å². The number of aromatic nitrogens is 5. The van der Waals surface area contributed by atoms with Crippen molar-refractivity contribution < 1.29 is 14.6 Å². The van der Waals surface area contributed by atoms with Gasteiger partial charge in [-0.25, -0.2) is 4.68 Å². The molecule has 1 N–H and O–H groups in total. The molecular formula is C31H32N6O3. The summed E-state index contributed by atoms with van der Waals surface area (Å²) in [6, 6.07) is 18.9. The van der Waals surface area contributed by atoms with Crippen molar-refractivity contribution in [3.05, 3.63) is 77.6 Å². The second-order valence-electron chi connectivity index (χ2n) is 11.0. The van der Waals surface area contributed by atoms with E-state index in [4.69, 9.17) is 9.72 Å². The van der Waals surface area contributed by atoms with Gasteiger partial charge < -0.3 is 19.3 Å². The maximum atomic E-state index is 13.2. The molecule has 5 heterocycles. The highest BCUT2D eigenvalue weighted by Gasteiger charge is 2.32. The lowest BCUT2D eigenvalue weighted by atomic mass is 9.86. The van der Waals surface area contributed by atoms with Crippen LogP contribution in [0.15, 0.2) is 60.8 Å². The number of hydrogen-bond acceptors (Lipinski definition) is 6. The number of β-amino-alcohol motifs (C(OH)–C–C–N with tert-alkyl or cyclic N) is 1. The molecule has 3 aromatic heterocycles. The fraction of sp³-hybridized carbons (Fsp3) is 0.355. The predicted molar refractivity (Wildman–Crippen MR) is 152 cm³/mol. The number of hydrogen-bond donors (Lipinski definition) is 1. The molecule has 0 bridgehead atoms. The molecule has 0 radical (unpaired) electrons. The van der Waals surface area contributed by atoms with Crippen molar-refractivity contribution in [2.45, 2.75) is 31.9 Å². The maximum absolute atomic E-state index is 13.2. The van der Waals surface area contributed by atoms with Crippen molar-refractivity contribution in [3.8, 4) is 11.3 Å². The maximum Gasteiger partial charge on any atom is 0.254 e. The first kappa shape index (κ1) is 24.9. The second kappa shape index (κ2) is 9.83. The number of rotatable bonds is 5. The summed E-state index contributed by atoms with van der Waals surface area (Å²) in [6.45, 7) is 4.20. The number of aliphatic hydroxyl groups is 1. The molecule has 40 heavy (non-hydrogen) atoms. The van der Waals surface area contributed by atoms with E-state index in [0.29, 0.717) is 24.6 Å². The van der Waals surface area contributed by atoms with Crippen molar-refractivity contribution >= 4 is 27.8 Å². The Kier molecular flexibility index (Phi) is 6.13. The number of carbonyl (C=O) groups is 1. The Labute approximate surface area is 232 Å². The number of carbonyl (C=O) groups excluding carboxylic acids is 1. The smallest absolute Gasteiger partial charge is 0.254 e. The number of aliphatic hydroxyl groups excluding tert-OH is 1. The summed E-state index contributed by atoms with van der Waals surface area (Å²) in [5, 5.41) is 19.2. The highest BCUT2D eigenvalue weighted by atomic mass is 16.5. The van der Waals surface area contributed by atoms with E-state index in [9.17, 15) is 9.90 Å². The van der Waals surface area contributed by atoms with E-state index >= 15 is 0 Å². The molecule has 204 valence electrons. The SMILES string of the molecule is Cc1nnn(C)c1-c1cnc2c3cc(C(=O)N4CC(O)C4)ccc3n([C@H](c3ccccc3)C3CCOCC3)c2c1. The van der Waals surface area contributed by atoms with Crippen LogP contribution in [0.5, 0.6) is 0 Å². The summed E-state index contributed by atoms with van der Waals surface area (Å²) in [4.78, 5) is 19.9. The number of pyridine rings is 1. The van der Waals surface area contributed by atoms with Gasteiger partial charge in [0, 0.05) is 56.1 Å². The summed E-state index contributed by atoms with van der Waals surface area (Å²) in [5.74, 6) is 0.313. The summed E-state index contributed by atoms with van der Waals surface area (Å²) in [6.07, 6.45) is 3.37. The lowest BCUT2D eigenvalue weighted by Crippen LogP contribution is -2.53. The molecule has 2 fully saturated rings. The van der Waals surface area contributed by atoms with Crippen LogP contribution in [0.2, 0.25) is 0 Å². The van der Waals surface area contributed by atoms with Crippen LogP contribution in [0.3, 0.4) is 0 Å². The van der Waals surface area contributed by atoms with Gasteiger partial charge in [0.25, 0.3) is 5.91 Å². The van der Waals surface area contributed by atoms with Crippen LogP contribution in [0, 0.1) is 12.8 Å². The Morgan fingerprint density at radius 1 is 1.05 bits per heavy atom. The van der Waals surface area contributed by atoms with Gasteiger partial charge in [0.15, 0.2) is 0 Å². The van der Waals surface area contributed by atoms with Crippen molar-refractivity contribution in [1.29, 1.82) is 0 Å². The first-order valence-electron chi connectivity index (χ1n) is 13.9. The molecule has 2 saturated heterocycles. The van der Waals surface area contributed by atoms with Crippen molar-refractivity contribution in [1.82, 2.24) is 29.4 Å². The van der Waals surface area contributed by atoms with Crippen LogP contribution in [0.1, 0.15) is 40.5 Å². The summed E-state index contributed by atoms with van der Waals surface area (Å²) in [7, 11) is 1.90. The zero-order valence-electron chi connectivity index (χ0n) is 22.7. The molecule has 9 heteroatoms. The molecule has 0 spiro atoms. The number of nitrogens with zero attached hydrogens (tertiary/aromatic N) is 6. The Bertz CT molecular complexity index is 1690. The molecule has 2 aromatic carbocycles. The lowest BCUT2D eigenvalue weighted by Gasteiger charge is -2.36. The van der Waals surface area contributed by atoms with Crippen LogP contribution in [-0.2, 0) is 11.8 Å². The normalized spacial score (nSPS) is 17.4. The largest absolute Gasteiger partial charge is 0.389 e. The van der Waals surface area contributed by atoms with Crippen LogP contribution in [0.4, 0.5) is 0 Å². The van der Waals surface area contributed by atoms with Gasteiger partial charge in [-0.3, -0.25) is 9.78 Å². The zero-order valence-corrected chi connectivity index (χ0v) is 22.7. The predicted octanol–water partition coefficient (Wildman–Crippen LogP) is 4.13. The van der Waals surface area contributed by atoms with E-state index in [0.717, 1.165) is 64.9 Å². The minimum atomic E-state index is -0.439. The van der Waals surface area contributed by atoms with Gasteiger partial charge in [-0.05, 0) is 55.5 Å². The van der Waals surface area contributed by atoms with Crippen LogP contribution in [-0.4, -0.2) is 72.9 Å². The molecule has 7 rings (SSSR count). The topological polar surface area (TPSA) is 98.3 Å². The highest BCUT2D eigenvalue weighted by Crippen LogP contribution is 2.41. The van der Waals surface area contributed by atoms with Crippen LogP contribution >= 0.6 is 0 Å². The van der Waals surface area contributed by atoms with Gasteiger partial charge in [0.05, 0.1) is 40.1 Å². The number of amides is 1. The Hall–Kier alpha value is -4.08. The van der Waals surface area contributed by atoms with Gasteiger partial charge >= 0.3 is 0 Å². The van der Waals surface area contributed by atoms with E-state index in [-0.39, 0.29) is 11.9 Å². The number of likely N-dealkylation sites (tertiary alicyclic amines) is 1. The Morgan fingerprint density at radius 3 is 2.52 bits per heavy atom. The minimum Gasteiger partial charge on any atom is -0.389 e. The van der Waals surface area contributed by atoms with E-state index in [1.807, 2.05) is 32.3 Å². The second-order valence-corrected chi connectivity index (χ2v) is 11.0. The molecule has 0 aliphatic carbocycles. The third-order valence-electron chi connectivity index (χ3n) is 8.44. The van der Waals surface area contributed by atoms with E-state index < -0.39 is 6.10 Å². The molecular weight excluding hydrogens is 504 g/mol. The fourth-order valence-electron chi connectivity index (χ4n) is 6.45. The lowest BCUT2D eigenvalue weighted by molar-refractivity contribution is 0.00591. The van der Waals surface area contributed by atoms with Gasteiger partial charge in [0.2, 0.25) is 0 Å². The number of fused-ring (bicyclic) bond motifs is 3. The summed E-state index contributed by atoms with van der Waals surface area (Å²) in [5.41, 5.74) is 7.49. The number of ether oxygens (including phenoxy) is 1. The van der Waals surface area contributed by atoms with Crippen molar-refractivity contribution in [2.75, 3.05) is 26.3 Å². The van der Waals surface area contributed by atoms with Crippen LogP contribution in [0.25, 0.3) is 33.2 Å². The molecule has 9 nitrogen and oxygen atoms in total. The van der Waals surface area contributed by atoms with Crippen molar-refractivity contribution in [3.63, 3.8) is 0 Å². The number of aryl methyl sites for hydroxylation is 2. The highest BCUT2D eigenvalue weighted by molar-refractivity contribution is 6.09. The first-order valence-corrected chi connectivity index (χ1v) is 13.9. The van der Waals surface area contributed by atoms with Crippen LogP contribution < -0.4 is 0 Å². The summed E-state index contributed by atoms with van der Waals surface area (Å²) >= 11 is 0. The standard InChI is InChI=1S/C31H32N6O3/c1-19-29(35(2)34-33-19)23-15-27-28(32-16-23)25-14-22(31(39)36-17-24(38)18-36)8-9-26(25)37(27)30(20-6-4-3-5-7-20)21-10-12-40-13-11-21/h3-9,14-16,21,24,30,38H,10-13,17-18H2,1-2H3/t30-/m1/s1. The molecule has 2 aliphatic heterocycles. The molecule has 1 amide bonds. The third kappa shape index (κ3) is 4.08. The van der Waals surface area contributed by atoms with Gasteiger partial charge in [-0.1, -0.05) is 35.5 Å². The number of benzene rings is 2. The first-order chi connectivity index (χ1) is 19.5. The quantitative estimate of drug-likeness (QED) is 0.363. The minimum absolute atomic E-state index is 0.0645. The fourth-order valence-corrected chi connectivity index (χ4v) is 6.45. The average molecular weight is 537 g/mol. The molecule has 0 saturated carbocycles. The Balaban J connectivity index is 1.48.